The van der Waals surface area contributed by atoms with E-state index in [1.54, 1.807) is 0 Å². The number of rotatable bonds is 1. The summed E-state index contributed by atoms with van der Waals surface area (Å²) < 4.78 is 0. The Balaban J connectivity index is 2.24. The van der Waals surface area contributed by atoms with Crippen molar-refractivity contribution in [2.45, 2.75) is 38.3 Å². The van der Waals surface area contributed by atoms with Gasteiger partial charge in [-0.05, 0) is 31.5 Å². The highest BCUT2D eigenvalue weighted by Crippen LogP contribution is 2.29. The van der Waals surface area contributed by atoms with Crippen LogP contribution in [0.1, 0.15) is 38.3 Å². The molecule has 1 N–H and O–H groups in total. The molecule has 0 aromatic heterocycles. The van der Waals surface area contributed by atoms with Gasteiger partial charge in [-0.25, -0.2) is 0 Å². The number of ketones is 1. The molecule has 1 heterocycles. The molecule has 16 heavy (non-hydrogen) atoms. The van der Waals surface area contributed by atoms with Crippen LogP contribution in [-0.2, 0) is 4.79 Å². The lowest BCUT2D eigenvalue weighted by atomic mass is 9.86. The van der Waals surface area contributed by atoms with Crippen LogP contribution in [0.15, 0.2) is 24.3 Å². The molecule has 1 aromatic rings. The summed E-state index contributed by atoms with van der Waals surface area (Å²) in [6.07, 6.45) is 1.16. The van der Waals surface area contributed by atoms with Gasteiger partial charge >= 0.3 is 0 Å². The van der Waals surface area contributed by atoms with E-state index in [1.165, 1.54) is 0 Å². The Morgan fingerprint density at radius 3 is 2.81 bits per heavy atom. The fraction of sp³-hybridized carbons (Fsp3) is 0.462. The first-order valence-electron chi connectivity index (χ1n) is 5.51. The van der Waals surface area contributed by atoms with Crippen LogP contribution in [0.25, 0.3) is 0 Å². The number of halogens is 1. The Morgan fingerprint density at radius 2 is 2.19 bits per heavy atom. The van der Waals surface area contributed by atoms with E-state index in [2.05, 4.69) is 19.2 Å². The van der Waals surface area contributed by atoms with Gasteiger partial charge in [0.05, 0.1) is 0 Å². The molecule has 2 nitrogen and oxygen atoms in total. The number of hydrogen-bond acceptors (Lipinski definition) is 2. The van der Waals surface area contributed by atoms with Crippen LogP contribution >= 0.6 is 11.6 Å². The van der Waals surface area contributed by atoms with Crippen LogP contribution in [0, 0.1) is 0 Å². The summed E-state index contributed by atoms with van der Waals surface area (Å²) >= 11 is 5.96. The summed E-state index contributed by atoms with van der Waals surface area (Å²) in [5.41, 5.74) is 0.969. The molecule has 1 atom stereocenters. The predicted octanol–water partition coefficient (Wildman–Crippen LogP) is 3.11. The average molecular weight is 238 g/mol. The van der Waals surface area contributed by atoms with E-state index < -0.39 is 0 Å². The second kappa shape index (κ2) is 4.19. The molecule has 86 valence electrons. The van der Waals surface area contributed by atoms with Gasteiger partial charge < -0.3 is 5.32 Å². The van der Waals surface area contributed by atoms with Crippen molar-refractivity contribution in [1.82, 2.24) is 5.32 Å². The van der Waals surface area contributed by atoms with Crippen molar-refractivity contribution < 1.29 is 4.79 Å². The number of Topliss-reactive ketones (excluding diaryl/α,β-unsaturated/α-hetero) is 1. The maximum atomic E-state index is 11.7. The predicted molar refractivity (Wildman–Crippen MR) is 65.6 cm³/mol. The minimum absolute atomic E-state index is 0.0925. The molecule has 0 bridgehead atoms. The fourth-order valence-corrected chi connectivity index (χ4v) is 2.49. The zero-order valence-corrected chi connectivity index (χ0v) is 10.3. The highest BCUT2D eigenvalue weighted by Gasteiger charge is 2.32. The topological polar surface area (TPSA) is 29.1 Å². The first-order chi connectivity index (χ1) is 7.46. The fourth-order valence-electron chi connectivity index (χ4n) is 2.29. The maximum absolute atomic E-state index is 11.7. The van der Waals surface area contributed by atoms with Crippen LogP contribution in [0.2, 0.25) is 5.02 Å². The van der Waals surface area contributed by atoms with E-state index in [0.717, 1.165) is 10.6 Å². The molecule has 3 heteroatoms. The summed E-state index contributed by atoms with van der Waals surface area (Å²) in [6.45, 7) is 4.11. The minimum atomic E-state index is -0.123. The third-order valence-electron chi connectivity index (χ3n) is 2.89. The van der Waals surface area contributed by atoms with E-state index in [-0.39, 0.29) is 11.6 Å². The lowest BCUT2D eigenvalue weighted by molar-refractivity contribution is -0.122. The van der Waals surface area contributed by atoms with Crippen molar-refractivity contribution in [2.75, 3.05) is 0 Å². The first kappa shape index (κ1) is 11.6. The second-order valence-electron chi connectivity index (χ2n) is 5.06. The third-order valence-corrected chi connectivity index (χ3v) is 3.12. The molecule has 1 unspecified atom stereocenters. The Labute approximate surface area is 101 Å². The van der Waals surface area contributed by atoms with Crippen molar-refractivity contribution in [3.63, 3.8) is 0 Å². The second-order valence-corrected chi connectivity index (χ2v) is 5.49. The van der Waals surface area contributed by atoms with E-state index in [4.69, 9.17) is 11.6 Å². The summed E-state index contributed by atoms with van der Waals surface area (Å²) in [5.74, 6) is 0.314. The lowest BCUT2D eigenvalue weighted by Gasteiger charge is -2.36. The number of carbonyl (C=O) groups is 1. The number of benzene rings is 1. The highest BCUT2D eigenvalue weighted by atomic mass is 35.5. The van der Waals surface area contributed by atoms with Crippen LogP contribution in [0.3, 0.4) is 0 Å². The lowest BCUT2D eigenvalue weighted by Crippen LogP contribution is -2.48. The largest absolute Gasteiger partial charge is 0.304 e. The van der Waals surface area contributed by atoms with Gasteiger partial charge in [0.25, 0.3) is 0 Å². The molecule has 0 amide bonds. The van der Waals surface area contributed by atoms with E-state index in [1.807, 2.05) is 24.3 Å². The summed E-state index contributed by atoms with van der Waals surface area (Å²) in [6, 6.07) is 7.80. The average Bonchev–Trinajstić information content (AvgIpc) is 2.14. The molecule has 1 aliphatic rings. The van der Waals surface area contributed by atoms with Gasteiger partial charge in [0.1, 0.15) is 5.78 Å². The zero-order valence-electron chi connectivity index (χ0n) is 9.59. The Morgan fingerprint density at radius 1 is 1.44 bits per heavy atom. The van der Waals surface area contributed by atoms with Gasteiger partial charge in [-0.1, -0.05) is 23.7 Å². The van der Waals surface area contributed by atoms with Crippen LogP contribution in [-0.4, -0.2) is 11.3 Å². The summed E-state index contributed by atoms with van der Waals surface area (Å²) in [5, 5.41) is 4.20. The number of carbonyl (C=O) groups excluding carboxylic acids is 1. The van der Waals surface area contributed by atoms with Crippen molar-refractivity contribution >= 4 is 17.4 Å². The van der Waals surface area contributed by atoms with E-state index in [0.29, 0.717) is 18.6 Å². The van der Waals surface area contributed by atoms with Gasteiger partial charge in [-0.3, -0.25) is 4.79 Å². The van der Waals surface area contributed by atoms with Crippen molar-refractivity contribution in [1.29, 1.82) is 0 Å². The number of nitrogens with one attached hydrogen (secondary N) is 1. The van der Waals surface area contributed by atoms with Crippen LogP contribution in [0.5, 0.6) is 0 Å². The quantitative estimate of drug-likeness (QED) is 0.813. The maximum Gasteiger partial charge on any atom is 0.136 e. The molecule has 0 aliphatic carbocycles. The Hall–Kier alpha value is -0.860. The Bertz CT molecular complexity index is 414. The molecule has 0 spiro atoms. The van der Waals surface area contributed by atoms with Gasteiger partial charge in [-0.2, -0.15) is 0 Å². The van der Waals surface area contributed by atoms with Gasteiger partial charge in [-0.15, -0.1) is 0 Å². The molecule has 1 fully saturated rings. The molecule has 0 radical (unpaired) electrons. The summed E-state index contributed by atoms with van der Waals surface area (Å²) in [4.78, 5) is 11.7. The molecular weight excluding hydrogens is 222 g/mol. The smallest absolute Gasteiger partial charge is 0.136 e. The third kappa shape index (κ3) is 2.63. The van der Waals surface area contributed by atoms with Gasteiger partial charge in [0.15, 0.2) is 0 Å². The molecule has 1 aliphatic heterocycles. The number of hydrogen-bond donors (Lipinski definition) is 1. The van der Waals surface area contributed by atoms with Gasteiger partial charge in [0, 0.05) is 29.4 Å². The highest BCUT2D eigenvalue weighted by molar-refractivity contribution is 6.30. The van der Waals surface area contributed by atoms with Gasteiger partial charge in [0.2, 0.25) is 0 Å². The van der Waals surface area contributed by atoms with E-state index >= 15 is 0 Å². The van der Waals surface area contributed by atoms with E-state index in [9.17, 15) is 4.79 Å². The van der Waals surface area contributed by atoms with Crippen LogP contribution < -0.4 is 5.32 Å². The standard InChI is InChI=1S/C13H16ClNO/c1-13(2)8-11(16)7-12(15-13)9-4-3-5-10(14)6-9/h3-6,12,15H,7-8H2,1-2H3. The monoisotopic (exact) mass is 237 g/mol. The number of piperidine rings is 1. The van der Waals surface area contributed by atoms with Crippen LogP contribution in [0.4, 0.5) is 0 Å². The zero-order chi connectivity index (χ0) is 11.8. The molecule has 2 rings (SSSR count). The summed E-state index contributed by atoms with van der Waals surface area (Å²) in [7, 11) is 0. The SMILES string of the molecule is CC1(C)CC(=O)CC(c2cccc(Cl)c2)N1. The minimum Gasteiger partial charge on any atom is -0.304 e. The molecular formula is C13H16ClNO. The molecule has 1 saturated heterocycles. The first-order valence-corrected chi connectivity index (χ1v) is 5.89. The molecule has 0 saturated carbocycles. The normalized spacial score (nSPS) is 24.4. The Kier molecular flexibility index (Phi) is 3.04. The molecule has 1 aromatic carbocycles. The van der Waals surface area contributed by atoms with Crippen molar-refractivity contribution in [2.24, 2.45) is 0 Å². The van der Waals surface area contributed by atoms with Crippen molar-refractivity contribution in [3.8, 4) is 0 Å². The van der Waals surface area contributed by atoms with Crippen molar-refractivity contribution in [3.05, 3.63) is 34.9 Å².